The largest absolute Gasteiger partial charge is 0.489 e. The number of benzene rings is 3. The van der Waals surface area contributed by atoms with E-state index in [2.05, 4.69) is 22.5 Å². The van der Waals surface area contributed by atoms with Crippen LogP contribution >= 0.6 is 22.9 Å². The van der Waals surface area contributed by atoms with Gasteiger partial charge in [0.25, 0.3) is 5.91 Å². The van der Waals surface area contributed by atoms with Crippen molar-refractivity contribution in [1.29, 1.82) is 0 Å². The van der Waals surface area contributed by atoms with E-state index in [0.29, 0.717) is 28.9 Å². The number of amides is 1. The molecule has 5 rings (SSSR count). The van der Waals surface area contributed by atoms with Crippen LogP contribution in [0.3, 0.4) is 0 Å². The van der Waals surface area contributed by atoms with E-state index in [0.717, 1.165) is 22.3 Å². The maximum Gasteiger partial charge on any atom is 0.266 e. The van der Waals surface area contributed by atoms with E-state index in [9.17, 15) is 4.79 Å². The minimum absolute atomic E-state index is 0.194. The fourth-order valence-electron chi connectivity index (χ4n) is 3.49. The molecule has 33 heavy (non-hydrogen) atoms. The number of thiophene rings is 1. The number of hydrogen-bond acceptors (Lipinski definition) is 4. The number of aromatic nitrogens is 2. The zero-order valence-electron chi connectivity index (χ0n) is 17.6. The summed E-state index contributed by atoms with van der Waals surface area (Å²) in [5.74, 6) is 1.10. The van der Waals surface area contributed by atoms with Gasteiger partial charge in [-0.1, -0.05) is 60.1 Å². The molecular weight excluding hydrogens is 454 g/mol. The minimum Gasteiger partial charge on any atom is -0.489 e. The van der Waals surface area contributed by atoms with Gasteiger partial charge in [0.2, 0.25) is 0 Å². The Bertz CT molecular complexity index is 1430. The van der Waals surface area contributed by atoms with Crippen molar-refractivity contribution in [2.45, 2.75) is 13.2 Å². The highest BCUT2D eigenvalue weighted by Crippen LogP contribution is 2.23. The first-order valence-electron chi connectivity index (χ1n) is 10.4. The van der Waals surface area contributed by atoms with E-state index in [1.807, 2.05) is 72.2 Å². The third-order valence-corrected chi connectivity index (χ3v) is 6.52. The number of nitrogens with one attached hydrogen (secondary N) is 1. The molecule has 0 saturated heterocycles. The van der Waals surface area contributed by atoms with Gasteiger partial charge in [-0.15, -0.1) is 11.3 Å². The Kier molecular flexibility index (Phi) is 6.11. The second-order valence-electron chi connectivity index (χ2n) is 7.56. The molecule has 0 radical (unpaired) electrons. The molecule has 0 spiro atoms. The van der Waals surface area contributed by atoms with Gasteiger partial charge in [0.05, 0.1) is 11.4 Å². The van der Waals surface area contributed by atoms with E-state index in [-0.39, 0.29) is 5.91 Å². The van der Waals surface area contributed by atoms with Gasteiger partial charge >= 0.3 is 0 Å². The summed E-state index contributed by atoms with van der Waals surface area (Å²) in [7, 11) is 0. The fourth-order valence-corrected chi connectivity index (χ4v) is 4.48. The van der Waals surface area contributed by atoms with E-state index >= 15 is 0 Å². The van der Waals surface area contributed by atoms with Crippen molar-refractivity contribution < 1.29 is 9.53 Å². The molecule has 2 aromatic heterocycles. The maximum absolute atomic E-state index is 12.7. The van der Waals surface area contributed by atoms with Crippen molar-refractivity contribution in [3.8, 4) is 5.75 Å². The SMILES string of the molecule is O=C(Nc1ccn(Cc2ccccc2Cl)n1)c1cc(COc2ccc3ccccc3c2)cs1. The second-order valence-corrected chi connectivity index (χ2v) is 8.88. The van der Waals surface area contributed by atoms with Gasteiger partial charge in [-0.25, -0.2) is 0 Å². The Morgan fingerprint density at radius 3 is 2.70 bits per heavy atom. The summed E-state index contributed by atoms with van der Waals surface area (Å²) >= 11 is 7.60. The monoisotopic (exact) mass is 473 g/mol. The van der Waals surface area contributed by atoms with Crippen molar-refractivity contribution in [2.24, 2.45) is 0 Å². The van der Waals surface area contributed by atoms with E-state index in [1.165, 1.54) is 16.7 Å². The maximum atomic E-state index is 12.7. The van der Waals surface area contributed by atoms with Gasteiger partial charge < -0.3 is 10.1 Å². The lowest BCUT2D eigenvalue weighted by Gasteiger charge is -2.06. The lowest BCUT2D eigenvalue weighted by Crippen LogP contribution is -2.11. The first kappa shape index (κ1) is 21.2. The molecule has 7 heteroatoms. The average molecular weight is 474 g/mol. The summed E-state index contributed by atoms with van der Waals surface area (Å²) in [6.07, 6.45) is 1.82. The molecule has 0 aliphatic heterocycles. The molecule has 0 aliphatic carbocycles. The molecule has 0 fully saturated rings. The summed E-state index contributed by atoms with van der Waals surface area (Å²) in [6, 6.07) is 25.4. The molecule has 1 N–H and O–H groups in total. The topological polar surface area (TPSA) is 56.2 Å². The van der Waals surface area contributed by atoms with E-state index in [1.54, 1.807) is 10.7 Å². The first-order chi connectivity index (χ1) is 16.1. The molecule has 5 aromatic rings. The number of nitrogens with zero attached hydrogens (tertiary/aromatic N) is 2. The predicted octanol–water partition coefficient (Wildman–Crippen LogP) is 6.63. The zero-order chi connectivity index (χ0) is 22.6. The zero-order valence-corrected chi connectivity index (χ0v) is 19.1. The van der Waals surface area contributed by atoms with Gasteiger partial charge in [0.1, 0.15) is 12.4 Å². The van der Waals surface area contributed by atoms with Crippen LogP contribution in [0.5, 0.6) is 5.75 Å². The smallest absolute Gasteiger partial charge is 0.266 e. The third kappa shape index (κ3) is 5.08. The van der Waals surface area contributed by atoms with E-state index < -0.39 is 0 Å². The third-order valence-electron chi connectivity index (χ3n) is 5.18. The Morgan fingerprint density at radius 2 is 1.82 bits per heavy atom. The highest BCUT2D eigenvalue weighted by molar-refractivity contribution is 7.12. The van der Waals surface area contributed by atoms with Crippen LogP contribution in [-0.4, -0.2) is 15.7 Å². The summed E-state index contributed by atoms with van der Waals surface area (Å²) in [4.78, 5) is 13.3. The molecule has 5 nitrogen and oxygen atoms in total. The molecule has 0 unspecified atom stereocenters. The summed E-state index contributed by atoms with van der Waals surface area (Å²) in [5, 5.41) is 12.2. The van der Waals surface area contributed by atoms with Crippen LogP contribution in [0, 0.1) is 0 Å². The van der Waals surface area contributed by atoms with Crippen LogP contribution < -0.4 is 10.1 Å². The quantitative estimate of drug-likeness (QED) is 0.288. The van der Waals surface area contributed by atoms with Gasteiger partial charge in [0, 0.05) is 22.8 Å². The fraction of sp³-hybridized carbons (Fsp3) is 0.0769. The standard InChI is InChI=1S/C26H20ClN3O2S/c27-23-8-4-3-7-21(23)15-30-12-11-25(29-30)28-26(31)24-13-18(17-33-24)16-32-22-10-9-19-5-1-2-6-20(19)14-22/h1-14,17H,15-16H2,(H,28,29,31). The Morgan fingerprint density at radius 1 is 1.00 bits per heavy atom. The molecule has 3 aromatic carbocycles. The van der Waals surface area contributed by atoms with Crippen LogP contribution in [0.2, 0.25) is 5.02 Å². The van der Waals surface area contributed by atoms with Crippen LogP contribution in [0.1, 0.15) is 20.8 Å². The minimum atomic E-state index is -0.194. The van der Waals surface area contributed by atoms with Crippen molar-refractivity contribution in [3.63, 3.8) is 0 Å². The number of ether oxygens (including phenoxy) is 1. The molecule has 0 bridgehead atoms. The molecule has 1 amide bonds. The number of halogens is 1. The lowest BCUT2D eigenvalue weighted by molar-refractivity contribution is 0.103. The van der Waals surface area contributed by atoms with Gasteiger partial charge in [-0.05, 0) is 46.0 Å². The van der Waals surface area contributed by atoms with Crippen LogP contribution in [0.25, 0.3) is 10.8 Å². The molecule has 164 valence electrons. The van der Waals surface area contributed by atoms with Crippen molar-refractivity contribution >= 4 is 45.4 Å². The predicted molar refractivity (Wildman–Crippen MR) is 133 cm³/mol. The summed E-state index contributed by atoms with van der Waals surface area (Å²) in [6.45, 7) is 0.930. The van der Waals surface area contributed by atoms with Gasteiger partial charge in [0.15, 0.2) is 5.82 Å². The highest BCUT2D eigenvalue weighted by atomic mass is 35.5. The Labute approximate surface area is 200 Å². The molecular formula is C26H20ClN3O2S. The van der Waals surface area contributed by atoms with Crippen molar-refractivity contribution in [3.05, 3.63) is 111 Å². The van der Waals surface area contributed by atoms with Gasteiger partial charge in [-0.3, -0.25) is 9.48 Å². The Balaban J connectivity index is 1.19. The average Bonchev–Trinajstić information content (AvgIpc) is 3.49. The van der Waals surface area contributed by atoms with Crippen molar-refractivity contribution in [1.82, 2.24) is 9.78 Å². The number of anilines is 1. The summed E-state index contributed by atoms with van der Waals surface area (Å²) in [5.41, 5.74) is 1.91. The molecule has 0 saturated carbocycles. The number of rotatable bonds is 7. The summed E-state index contributed by atoms with van der Waals surface area (Å²) < 4.78 is 7.67. The van der Waals surface area contributed by atoms with Crippen molar-refractivity contribution in [2.75, 3.05) is 5.32 Å². The first-order valence-corrected chi connectivity index (χ1v) is 11.7. The highest BCUT2D eigenvalue weighted by Gasteiger charge is 2.12. The normalized spacial score (nSPS) is 10.9. The number of fused-ring (bicyclic) bond motifs is 1. The van der Waals surface area contributed by atoms with Gasteiger partial charge in [-0.2, -0.15) is 5.10 Å². The molecule has 2 heterocycles. The number of carbonyl (C=O) groups is 1. The van der Waals surface area contributed by atoms with Crippen LogP contribution in [-0.2, 0) is 13.2 Å². The van der Waals surface area contributed by atoms with Crippen LogP contribution in [0.15, 0.2) is 90.4 Å². The molecule has 0 aliphatic rings. The van der Waals surface area contributed by atoms with E-state index in [4.69, 9.17) is 16.3 Å². The number of hydrogen-bond donors (Lipinski definition) is 1. The lowest BCUT2D eigenvalue weighted by atomic mass is 10.1. The Hall–Kier alpha value is -3.61. The number of carbonyl (C=O) groups excluding carboxylic acids is 1. The van der Waals surface area contributed by atoms with Crippen LogP contribution in [0.4, 0.5) is 5.82 Å². The molecule has 0 atom stereocenters. The second kappa shape index (κ2) is 9.48.